The Kier molecular flexibility index (Phi) is 12.4. The summed E-state index contributed by atoms with van der Waals surface area (Å²) >= 11 is 0. The molecule has 14 nitrogen and oxygen atoms in total. The summed E-state index contributed by atoms with van der Waals surface area (Å²) in [5.74, 6) is -2.93. The lowest BCUT2D eigenvalue weighted by atomic mass is 9.97. The first kappa shape index (κ1) is 41.9. The third-order valence-electron chi connectivity index (χ3n) is 10.2. The van der Waals surface area contributed by atoms with Crippen molar-refractivity contribution >= 4 is 79.4 Å². The molecule has 310 valence electrons. The summed E-state index contributed by atoms with van der Waals surface area (Å²) in [5.41, 5.74) is 4.07. The number of aromatic hydroxyl groups is 2. The molecule has 0 saturated carbocycles. The lowest BCUT2D eigenvalue weighted by Gasteiger charge is -2.19. The monoisotopic (exact) mass is 828 g/mol. The Bertz CT molecular complexity index is 2750. The summed E-state index contributed by atoms with van der Waals surface area (Å²) < 4.78 is 9.51. The van der Waals surface area contributed by atoms with Crippen LogP contribution in [0.1, 0.15) is 66.4 Å². The van der Waals surface area contributed by atoms with Gasteiger partial charge in [-0.15, -0.1) is 10.2 Å². The normalized spacial score (nSPS) is 11.3. The van der Waals surface area contributed by atoms with Crippen molar-refractivity contribution in [1.82, 2.24) is 0 Å². The van der Waals surface area contributed by atoms with Gasteiger partial charge >= 0.3 is 11.9 Å². The van der Waals surface area contributed by atoms with Crippen LogP contribution < -0.4 is 10.6 Å². The van der Waals surface area contributed by atoms with Crippen molar-refractivity contribution in [3.05, 3.63) is 155 Å². The highest BCUT2D eigenvalue weighted by Crippen LogP contribution is 2.42. The van der Waals surface area contributed by atoms with E-state index in [1.165, 1.54) is 14.2 Å². The number of ether oxygens (including phenoxy) is 2. The second kappa shape index (κ2) is 18.3. The summed E-state index contributed by atoms with van der Waals surface area (Å²) in [4.78, 5) is 51.7. The molecular formula is C48H40N6O8. The van der Waals surface area contributed by atoms with Gasteiger partial charge in [0.15, 0.2) is 11.5 Å². The van der Waals surface area contributed by atoms with Gasteiger partial charge in [-0.3, -0.25) is 9.59 Å². The number of esters is 2. The van der Waals surface area contributed by atoms with Gasteiger partial charge in [0.2, 0.25) is 0 Å². The van der Waals surface area contributed by atoms with E-state index >= 15 is 0 Å². The highest BCUT2D eigenvalue weighted by molar-refractivity contribution is 6.14. The lowest BCUT2D eigenvalue weighted by molar-refractivity contribution is 0.0592. The lowest BCUT2D eigenvalue weighted by Crippen LogP contribution is -2.17. The minimum atomic E-state index is -0.595. The number of azo groups is 2. The zero-order chi connectivity index (χ0) is 43.9. The van der Waals surface area contributed by atoms with Crippen LogP contribution in [0.2, 0.25) is 0 Å². The number of phenols is 2. The Morgan fingerprint density at radius 3 is 1.24 bits per heavy atom. The summed E-state index contributed by atoms with van der Waals surface area (Å²) in [6.45, 7) is 3.85. The van der Waals surface area contributed by atoms with E-state index in [2.05, 4.69) is 31.1 Å². The number of amides is 2. The van der Waals surface area contributed by atoms with Crippen LogP contribution >= 0.6 is 0 Å². The van der Waals surface area contributed by atoms with Crippen molar-refractivity contribution < 1.29 is 38.9 Å². The van der Waals surface area contributed by atoms with Gasteiger partial charge < -0.3 is 30.3 Å². The molecule has 7 aromatic rings. The van der Waals surface area contributed by atoms with Gasteiger partial charge in [0, 0.05) is 22.1 Å². The maximum atomic E-state index is 14.0. The highest BCUT2D eigenvalue weighted by Gasteiger charge is 2.23. The number of nitrogens with zero attached hydrogens (tertiary/aromatic N) is 4. The fraction of sp³-hybridized carbons (Fsp3) is 0.125. The second-order valence-corrected chi connectivity index (χ2v) is 13.9. The molecule has 7 rings (SSSR count). The number of methoxy groups -OCH3 is 2. The minimum Gasteiger partial charge on any atom is -0.505 e. The number of fused-ring (bicyclic) bond motifs is 2. The van der Waals surface area contributed by atoms with E-state index in [1.807, 2.05) is 13.8 Å². The van der Waals surface area contributed by atoms with E-state index in [1.54, 1.807) is 121 Å². The van der Waals surface area contributed by atoms with Gasteiger partial charge in [0.25, 0.3) is 11.8 Å². The molecule has 0 atom stereocenters. The van der Waals surface area contributed by atoms with E-state index in [-0.39, 0.29) is 34.0 Å². The molecule has 0 unspecified atom stereocenters. The van der Waals surface area contributed by atoms with Crippen LogP contribution in [0.4, 0.5) is 34.1 Å². The average Bonchev–Trinajstić information content (AvgIpc) is 3.30. The quantitative estimate of drug-likeness (QED) is 0.0688. The van der Waals surface area contributed by atoms with Crippen molar-refractivity contribution in [2.45, 2.75) is 26.7 Å². The van der Waals surface area contributed by atoms with Crippen molar-refractivity contribution in [2.75, 3.05) is 24.9 Å². The van der Waals surface area contributed by atoms with Crippen LogP contribution in [0.15, 0.2) is 142 Å². The van der Waals surface area contributed by atoms with Crippen LogP contribution in [0.25, 0.3) is 21.5 Å². The maximum Gasteiger partial charge on any atom is 0.337 e. The molecule has 0 spiro atoms. The predicted octanol–water partition coefficient (Wildman–Crippen LogP) is 11.4. The van der Waals surface area contributed by atoms with Crippen molar-refractivity contribution in [3.63, 3.8) is 0 Å². The van der Waals surface area contributed by atoms with Gasteiger partial charge in [0.1, 0.15) is 11.4 Å². The standard InChI is InChI=1S/C48H40N6O8/c1-5-33-34(6-2)40(50-46(58)38-26-30-12-8-10-14-36(30)42(44(38)56)54-52-32-21-17-28(18-22-32)48(60)62-4)24-23-39(33)49-45(57)37-25-29-11-7-9-13-35(29)41(43(37)55)53-51-31-19-15-27(16-20-31)47(59)61-3/h7-26,55-56H,5-6H2,1-4H3,(H,49,57)(H,50,58). The van der Waals surface area contributed by atoms with Crippen molar-refractivity contribution in [2.24, 2.45) is 20.5 Å². The van der Waals surface area contributed by atoms with Crippen LogP contribution in [0.3, 0.4) is 0 Å². The number of nitrogens with one attached hydrogen (secondary N) is 2. The summed E-state index contributed by atoms with van der Waals surface area (Å²) in [5, 5.41) is 48.5. The molecular weight excluding hydrogens is 789 g/mol. The zero-order valence-electron chi connectivity index (χ0n) is 34.1. The SMILES string of the molecule is CCc1c(NC(=O)c2cc3ccccc3c(N=Nc3ccc(C(=O)OC)cc3)c2O)ccc(NC(=O)c2cc3ccccc3c(N=Nc3ccc(C(=O)OC)cc3)c2O)c1CC. The Labute approximate surface area is 355 Å². The van der Waals surface area contributed by atoms with E-state index in [9.17, 15) is 29.4 Å². The molecule has 2 amide bonds. The molecule has 0 saturated heterocycles. The van der Waals surface area contributed by atoms with Crippen LogP contribution in [-0.2, 0) is 22.3 Å². The predicted molar refractivity (Wildman–Crippen MR) is 236 cm³/mol. The topological polar surface area (TPSA) is 201 Å². The van der Waals surface area contributed by atoms with E-state index < -0.39 is 23.8 Å². The van der Waals surface area contributed by atoms with Gasteiger partial charge in [0.05, 0.1) is 47.8 Å². The first-order valence-corrected chi connectivity index (χ1v) is 19.5. The van der Waals surface area contributed by atoms with E-state index in [0.717, 1.165) is 11.1 Å². The molecule has 0 bridgehead atoms. The Balaban J connectivity index is 1.17. The number of carbonyl (C=O) groups is 4. The first-order chi connectivity index (χ1) is 30.0. The summed E-state index contributed by atoms with van der Waals surface area (Å²) in [7, 11) is 2.58. The Morgan fingerprint density at radius 1 is 0.516 bits per heavy atom. The third-order valence-corrected chi connectivity index (χ3v) is 10.2. The molecule has 4 N–H and O–H groups in total. The van der Waals surface area contributed by atoms with Crippen molar-refractivity contribution in [3.8, 4) is 11.5 Å². The molecule has 0 aliphatic heterocycles. The summed E-state index contributed by atoms with van der Waals surface area (Å²) in [6.07, 6.45) is 0.958. The largest absolute Gasteiger partial charge is 0.505 e. The molecule has 0 aromatic heterocycles. The number of rotatable bonds is 12. The molecule has 62 heavy (non-hydrogen) atoms. The molecule has 0 aliphatic rings. The highest BCUT2D eigenvalue weighted by atomic mass is 16.5. The number of hydrogen-bond donors (Lipinski definition) is 4. The van der Waals surface area contributed by atoms with Crippen LogP contribution in [0, 0.1) is 0 Å². The van der Waals surface area contributed by atoms with Gasteiger partial charge in [-0.2, -0.15) is 10.2 Å². The second-order valence-electron chi connectivity index (χ2n) is 13.9. The first-order valence-electron chi connectivity index (χ1n) is 19.5. The number of phenolic OH excluding ortho intramolecular Hbond substituents is 2. The molecule has 0 aliphatic carbocycles. The minimum absolute atomic E-state index is 0.0332. The molecule has 7 aromatic carbocycles. The average molecular weight is 829 g/mol. The number of anilines is 2. The summed E-state index contributed by atoms with van der Waals surface area (Å²) in [6, 6.07) is 33.3. The van der Waals surface area contributed by atoms with Crippen LogP contribution in [-0.4, -0.2) is 48.2 Å². The zero-order valence-corrected chi connectivity index (χ0v) is 34.1. The van der Waals surface area contributed by atoms with Gasteiger partial charge in [-0.1, -0.05) is 62.4 Å². The smallest absolute Gasteiger partial charge is 0.337 e. The molecule has 0 radical (unpaired) electrons. The van der Waals surface area contributed by atoms with Crippen molar-refractivity contribution in [1.29, 1.82) is 0 Å². The van der Waals surface area contributed by atoms with Crippen LogP contribution in [0.5, 0.6) is 11.5 Å². The third kappa shape index (κ3) is 8.56. The maximum absolute atomic E-state index is 14.0. The number of benzene rings is 7. The van der Waals surface area contributed by atoms with E-state index in [0.29, 0.717) is 68.3 Å². The molecule has 14 heteroatoms. The van der Waals surface area contributed by atoms with E-state index in [4.69, 9.17) is 9.47 Å². The number of hydrogen-bond acceptors (Lipinski definition) is 12. The fourth-order valence-corrected chi connectivity index (χ4v) is 7.08. The van der Waals surface area contributed by atoms with Gasteiger partial charge in [-0.05, 0) is 108 Å². The Morgan fingerprint density at radius 2 is 0.887 bits per heavy atom. The number of carbonyl (C=O) groups excluding carboxylic acids is 4. The molecule has 0 fully saturated rings. The Hall–Kier alpha value is -8.26. The molecule has 0 heterocycles. The fourth-order valence-electron chi connectivity index (χ4n) is 7.08. The van der Waals surface area contributed by atoms with Gasteiger partial charge in [-0.25, -0.2) is 9.59 Å².